The van der Waals surface area contributed by atoms with E-state index in [1.807, 2.05) is 32.0 Å². The van der Waals surface area contributed by atoms with Crippen molar-refractivity contribution in [3.8, 4) is 0 Å². The Morgan fingerprint density at radius 1 is 1.16 bits per heavy atom. The zero-order valence-corrected chi connectivity index (χ0v) is 14.1. The van der Waals surface area contributed by atoms with Crippen molar-refractivity contribution in [3.63, 3.8) is 0 Å². The molecule has 0 aliphatic rings. The van der Waals surface area contributed by atoms with E-state index in [-0.39, 0.29) is 5.92 Å². The molecule has 6 heteroatoms. The van der Waals surface area contributed by atoms with Crippen molar-refractivity contribution in [2.45, 2.75) is 19.8 Å². The topological polar surface area (TPSA) is 37.8 Å². The van der Waals surface area contributed by atoms with Crippen molar-refractivity contribution in [3.05, 3.63) is 43.8 Å². The Morgan fingerprint density at radius 3 is 2.58 bits per heavy atom. The van der Waals surface area contributed by atoms with Crippen LogP contribution in [-0.4, -0.2) is 9.97 Å². The first kappa shape index (κ1) is 14.8. The Morgan fingerprint density at radius 2 is 1.89 bits per heavy atom. The first-order valence-electron chi connectivity index (χ1n) is 5.72. The maximum absolute atomic E-state index is 6.15. The molecule has 2 aromatic rings. The van der Waals surface area contributed by atoms with Gasteiger partial charge in [0.15, 0.2) is 0 Å². The lowest BCUT2D eigenvalue weighted by molar-refractivity contribution is 0.776. The lowest BCUT2D eigenvalue weighted by Crippen LogP contribution is -2.02. The van der Waals surface area contributed by atoms with Gasteiger partial charge in [-0.2, -0.15) is 0 Å². The molecule has 0 radical (unpaired) electrons. The molecule has 0 aliphatic carbocycles. The van der Waals surface area contributed by atoms with Crippen LogP contribution in [0.25, 0.3) is 0 Å². The highest BCUT2D eigenvalue weighted by Crippen LogP contribution is 2.27. The molecule has 0 bridgehead atoms. The predicted octanol–water partition coefficient (Wildman–Crippen LogP) is 5.26. The van der Waals surface area contributed by atoms with Crippen molar-refractivity contribution >= 4 is 57.3 Å². The normalized spacial score (nSPS) is 10.8. The highest BCUT2D eigenvalue weighted by atomic mass is 127. The molecular weight excluding hydrogens is 396 g/mol. The molecule has 2 rings (SSSR count). The van der Waals surface area contributed by atoms with Crippen molar-refractivity contribution < 1.29 is 0 Å². The molecular formula is C13H12Cl2IN3. The van der Waals surface area contributed by atoms with E-state index < -0.39 is 0 Å². The van der Waals surface area contributed by atoms with E-state index in [9.17, 15) is 0 Å². The molecule has 0 aliphatic heterocycles. The summed E-state index contributed by atoms with van der Waals surface area (Å²) in [5, 5.41) is 4.24. The van der Waals surface area contributed by atoms with Gasteiger partial charge in [0, 0.05) is 15.6 Å². The smallest absolute Gasteiger partial charge is 0.135 e. The van der Waals surface area contributed by atoms with Gasteiger partial charge in [-0.15, -0.1) is 0 Å². The number of halogens is 3. The van der Waals surface area contributed by atoms with E-state index in [1.54, 1.807) is 6.07 Å². The SMILES string of the molecule is CC(C)c1nc(Cl)cc(Nc2cc(I)ccc2Cl)n1. The second-order valence-electron chi connectivity index (χ2n) is 4.34. The first-order valence-corrected chi connectivity index (χ1v) is 7.55. The van der Waals surface area contributed by atoms with Gasteiger partial charge in [-0.1, -0.05) is 37.0 Å². The number of rotatable bonds is 3. The van der Waals surface area contributed by atoms with Crippen LogP contribution in [0.3, 0.4) is 0 Å². The predicted molar refractivity (Wildman–Crippen MR) is 88.6 cm³/mol. The molecule has 1 aromatic carbocycles. The summed E-state index contributed by atoms with van der Waals surface area (Å²) in [6, 6.07) is 7.43. The average Bonchev–Trinajstić information content (AvgIpc) is 2.33. The zero-order valence-electron chi connectivity index (χ0n) is 10.4. The Labute approximate surface area is 135 Å². The molecule has 0 spiro atoms. The van der Waals surface area contributed by atoms with Gasteiger partial charge in [-0.25, -0.2) is 9.97 Å². The third-order valence-electron chi connectivity index (χ3n) is 2.42. The lowest BCUT2D eigenvalue weighted by atomic mass is 10.2. The van der Waals surface area contributed by atoms with Crippen LogP contribution >= 0.6 is 45.8 Å². The molecule has 100 valence electrons. The quantitative estimate of drug-likeness (QED) is 0.557. The van der Waals surface area contributed by atoms with E-state index in [4.69, 9.17) is 23.2 Å². The molecule has 1 N–H and O–H groups in total. The summed E-state index contributed by atoms with van der Waals surface area (Å²) in [6.07, 6.45) is 0. The van der Waals surface area contributed by atoms with Gasteiger partial charge >= 0.3 is 0 Å². The van der Waals surface area contributed by atoms with E-state index in [0.29, 0.717) is 21.8 Å². The summed E-state index contributed by atoms with van der Waals surface area (Å²) in [7, 11) is 0. The maximum Gasteiger partial charge on any atom is 0.135 e. The average molecular weight is 408 g/mol. The number of hydrogen-bond acceptors (Lipinski definition) is 3. The molecule has 0 amide bonds. The first-order chi connectivity index (χ1) is 8.95. The number of benzene rings is 1. The van der Waals surface area contributed by atoms with Crippen LogP contribution in [0.5, 0.6) is 0 Å². The van der Waals surface area contributed by atoms with E-state index in [2.05, 4.69) is 37.9 Å². The van der Waals surface area contributed by atoms with Crippen LogP contribution in [0.15, 0.2) is 24.3 Å². The standard InChI is InChI=1S/C13H12Cl2IN3/c1-7(2)13-18-11(15)6-12(19-13)17-10-5-8(16)3-4-9(10)14/h3-7H,1-2H3,(H,17,18,19). The van der Waals surface area contributed by atoms with Gasteiger partial charge in [0.1, 0.15) is 16.8 Å². The highest BCUT2D eigenvalue weighted by molar-refractivity contribution is 14.1. The summed E-state index contributed by atoms with van der Waals surface area (Å²) in [5.41, 5.74) is 0.804. The Bertz CT molecular complexity index is 602. The van der Waals surface area contributed by atoms with Crippen LogP contribution < -0.4 is 5.32 Å². The van der Waals surface area contributed by atoms with Crippen LogP contribution in [0.2, 0.25) is 10.2 Å². The molecule has 0 atom stereocenters. The molecule has 1 aromatic heterocycles. The molecule has 19 heavy (non-hydrogen) atoms. The summed E-state index contributed by atoms with van der Waals surface area (Å²) in [5.74, 6) is 1.56. The number of nitrogens with one attached hydrogen (secondary N) is 1. The van der Waals surface area contributed by atoms with E-state index >= 15 is 0 Å². The van der Waals surface area contributed by atoms with Crippen LogP contribution in [0.1, 0.15) is 25.6 Å². The third kappa shape index (κ3) is 3.94. The number of aromatic nitrogens is 2. The molecule has 0 saturated carbocycles. The minimum Gasteiger partial charge on any atom is -0.339 e. The van der Waals surface area contributed by atoms with Gasteiger partial charge in [-0.3, -0.25) is 0 Å². The lowest BCUT2D eigenvalue weighted by Gasteiger charge is -2.11. The van der Waals surface area contributed by atoms with Crippen LogP contribution in [0, 0.1) is 3.57 Å². The van der Waals surface area contributed by atoms with Crippen LogP contribution in [0.4, 0.5) is 11.5 Å². The molecule has 3 nitrogen and oxygen atoms in total. The van der Waals surface area contributed by atoms with Gasteiger partial charge in [0.25, 0.3) is 0 Å². The summed E-state index contributed by atoms with van der Waals surface area (Å²) in [6.45, 7) is 4.04. The van der Waals surface area contributed by atoms with Crippen molar-refractivity contribution in [2.24, 2.45) is 0 Å². The fraction of sp³-hybridized carbons (Fsp3) is 0.231. The minimum atomic E-state index is 0.214. The van der Waals surface area contributed by atoms with Gasteiger partial charge in [-0.05, 0) is 40.8 Å². The van der Waals surface area contributed by atoms with Gasteiger partial charge < -0.3 is 5.32 Å². The Hall–Kier alpha value is -0.590. The second-order valence-corrected chi connectivity index (χ2v) is 6.38. The maximum atomic E-state index is 6.15. The summed E-state index contributed by atoms with van der Waals surface area (Å²) < 4.78 is 1.09. The minimum absolute atomic E-state index is 0.214. The molecule has 0 unspecified atom stereocenters. The number of anilines is 2. The Balaban J connectivity index is 2.35. The van der Waals surface area contributed by atoms with Crippen molar-refractivity contribution in [1.82, 2.24) is 9.97 Å². The monoisotopic (exact) mass is 407 g/mol. The van der Waals surface area contributed by atoms with Gasteiger partial charge in [0.05, 0.1) is 10.7 Å². The zero-order chi connectivity index (χ0) is 14.0. The summed E-state index contributed by atoms with van der Waals surface area (Å²) >= 11 is 14.4. The summed E-state index contributed by atoms with van der Waals surface area (Å²) in [4.78, 5) is 8.63. The fourth-order valence-corrected chi connectivity index (χ4v) is 2.33. The van der Waals surface area contributed by atoms with E-state index in [1.165, 1.54) is 0 Å². The van der Waals surface area contributed by atoms with Crippen molar-refractivity contribution in [1.29, 1.82) is 0 Å². The second kappa shape index (κ2) is 6.24. The van der Waals surface area contributed by atoms with E-state index in [0.717, 1.165) is 9.26 Å². The molecule has 0 saturated heterocycles. The Kier molecular flexibility index (Phi) is 4.86. The molecule has 1 heterocycles. The molecule has 0 fully saturated rings. The number of nitrogens with zero attached hydrogens (tertiary/aromatic N) is 2. The number of hydrogen-bond donors (Lipinski definition) is 1. The third-order valence-corrected chi connectivity index (χ3v) is 3.61. The van der Waals surface area contributed by atoms with Gasteiger partial charge in [0.2, 0.25) is 0 Å². The van der Waals surface area contributed by atoms with Crippen LogP contribution in [-0.2, 0) is 0 Å². The largest absolute Gasteiger partial charge is 0.339 e. The highest BCUT2D eigenvalue weighted by Gasteiger charge is 2.08. The fourth-order valence-electron chi connectivity index (χ4n) is 1.49. The van der Waals surface area contributed by atoms with Crippen molar-refractivity contribution in [2.75, 3.05) is 5.32 Å².